The largest absolute Gasteiger partial charge is 0.454 e. The average molecular weight is 514 g/mol. The second-order valence-corrected chi connectivity index (χ2v) is 10.5. The lowest BCUT2D eigenvalue weighted by Crippen LogP contribution is -2.51. The summed E-state index contributed by atoms with van der Waals surface area (Å²) in [5, 5.41) is 5.71. The van der Waals surface area contributed by atoms with Crippen molar-refractivity contribution in [3.05, 3.63) is 48.0 Å². The van der Waals surface area contributed by atoms with Crippen molar-refractivity contribution in [2.45, 2.75) is 51.6 Å². The number of anilines is 2. The normalized spacial score (nSPS) is 16.3. The van der Waals surface area contributed by atoms with Crippen molar-refractivity contribution in [1.82, 2.24) is 5.32 Å². The summed E-state index contributed by atoms with van der Waals surface area (Å²) in [5.74, 6) is -0.853. The predicted molar refractivity (Wildman–Crippen MR) is 138 cm³/mol. The lowest BCUT2D eigenvalue weighted by atomic mass is 10.1. The second-order valence-electron chi connectivity index (χ2n) is 9.06. The molecule has 0 radical (unpaired) electrons. The van der Waals surface area contributed by atoms with Crippen molar-refractivity contribution in [3.8, 4) is 11.5 Å². The Morgan fingerprint density at radius 2 is 1.78 bits per heavy atom. The zero-order valence-corrected chi connectivity index (χ0v) is 21.3. The average Bonchev–Trinajstić information content (AvgIpc) is 3.51. The highest BCUT2D eigenvalue weighted by Crippen LogP contribution is 2.34. The fraction of sp³-hybridized carbons (Fsp3) is 0.423. The van der Waals surface area contributed by atoms with Crippen molar-refractivity contribution in [3.63, 3.8) is 0 Å². The summed E-state index contributed by atoms with van der Waals surface area (Å²) < 4.78 is 23.3. The van der Waals surface area contributed by atoms with Crippen LogP contribution in [0.15, 0.2) is 42.5 Å². The molecule has 192 valence electrons. The van der Waals surface area contributed by atoms with Crippen LogP contribution < -0.4 is 25.0 Å². The Hall–Kier alpha value is -3.40. The summed E-state index contributed by atoms with van der Waals surface area (Å²) in [6.07, 6.45) is 4.01. The number of hydrogen-bond donors (Lipinski definition) is 2. The van der Waals surface area contributed by atoms with Gasteiger partial charge in [0.15, 0.2) is 11.5 Å². The molecule has 0 spiro atoms. The van der Waals surface area contributed by atoms with E-state index in [9.17, 15) is 18.6 Å². The highest BCUT2D eigenvalue weighted by Gasteiger charge is 2.31. The molecule has 0 unspecified atom stereocenters. The molecule has 3 amide bonds. The van der Waals surface area contributed by atoms with Gasteiger partial charge in [0, 0.05) is 34.3 Å². The Bertz CT molecular complexity index is 1160. The molecule has 2 aliphatic rings. The molecule has 0 aromatic heterocycles. The first-order valence-corrected chi connectivity index (χ1v) is 13.5. The number of nitrogens with zero attached hydrogens (tertiary/aromatic N) is 1. The van der Waals surface area contributed by atoms with Crippen LogP contribution in [-0.2, 0) is 25.2 Å². The molecule has 1 aliphatic carbocycles. The van der Waals surface area contributed by atoms with Crippen LogP contribution in [0.2, 0.25) is 0 Å². The second kappa shape index (κ2) is 11.6. The van der Waals surface area contributed by atoms with E-state index in [4.69, 9.17) is 9.47 Å². The first-order chi connectivity index (χ1) is 17.3. The summed E-state index contributed by atoms with van der Waals surface area (Å²) in [5.41, 5.74) is 1.88. The van der Waals surface area contributed by atoms with E-state index in [0.717, 1.165) is 31.2 Å². The molecule has 0 bridgehead atoms. The van der Waals surface area contributed by atoms with E-state index >= 15 is 0 Å². The van der Waals surface area contributed by atoms with Crippen molar-refractivity contribution >= 4 is 39.9 Å². The third-order valence-electron chi connectivity index (χ3n) is 6.34. The molecule has 1 aliphatic heterocycles. The molecular formula is C26H31N3O6S. The van der Waals surface area contributed by atoms with Gasteiger partial charge in [0.1, 0.15) is 17.5 Å². The van der Waals surface area contributed by atoms with Gasteiger partial charge in [-0.3, -0.25) is 23.5 Å². The van der Waals surface area contributed by atoms with Crippen molar-refractivity contribution in [2.75, 3.05) is 28.5 Å². The van der Waals surface area contributed by atoms with E-state index in [2.05, 4.69) is 10.6 Å². The van der Waals surface area contributed by atoms with Crippen molar-refractivity contribution in [1.29, 1.82) is 0 Å². The molecule has 2 aromatic carbocycles. The highest BCUT2D eigenvalue weighted by molar-refractivity contribution is 7.86. The van der Waals surface area contributed by atoms with Crippen LogP contribution in [0.25, 0.3) is 0 Å². The maximum atomic E-state index is 13.3. The first-order valence-electron chi connectivity index (χ1n) is 12.0. The van der Waals surface area contributed by atoms with Gasteiger partial charge in [0.2, 0.25) is 24.5 Å². The quantitative estimate of drug-likeness (QED) is 0.533. The van der Waals surface area contributed by atoms with Gasteiger partial charge in [-0.2, -0.15) is 0 Å². The van der Waals surface area contributed by atoms with Crippen LogP contribution in [0.1, 0.15) is 38.2 Å². The SMILES string of the molecule is Cc1ccccc1N(C(=O)C[S@@](=O)CC(=O)Nc1ccc2c(c1)OCO2)[C@H](C)C(=O)NC1CCCC1. The standard InChI is InChI=1S/C26H31N3O6S/c1-17-7-3-6-10-21(17)29(18(2)26(32)28-19-8-4-5-9-19)25(31)15-36(33)14-24(30)27-20-11-12-22-23(13-20)35-16-34-22/h3,6-7,10-13,18-19H,4-5,8-9,14-16H2,1-2H3,(H,27,30)(H,28,32)/t18-,36+/m1/s1. The lowest BCUT2D eigenvalue weighted by Gasteiger charge is -2.30. The number of carbonyl (C=O) groups excluding carboxylic acids is 3. The van der Waals surface area contributed by atoms with Gasteiger partial charge in [-0.05, 0) is 50.5 Å². The minimum atomic E-state index is -1.78. The molecule has 2 N–H and O–H groups in total. The maximum absolute atomic E-state index is 13.3. The number of fused-ring (bicyclic) bond motifs is 1. The fourth-order valence-electron chi connectivity index (χ4n) is 4.48. The Labute approximate surface area is 213 Å². The number of para-hydroxylation sites is 1. The zero-order chi connectivity index (χ0) is 25.7. The van der Waals surface area contributed by atoms with Gasteiger partial charge < -0.3 is 20.1 Å². The van der Waals surface area contributed by atoms with Gasteiger partial charge in [-0.1, -0.05) is 31.0 Å². The Morgan fingerprint density at radius 1 is 1.06 bits per heavy atom. The smallest absolute Gasteiger partial charge is 0.243 e. The van der Waals surface area contributed by atoms with Gasteiger partial charge >= 0.3 is 0 Å². The zero-order valence-electron chi connectivity index (χ0n) is 20.5. The van der Waals surface area contributed by atoms with E-state index in [1.54, 1.807) is 37.3 Å². The van der Waals surface area contributed by atoms with E-state index in [0.29, 0.717) is 22.9 Å². The summed E-state index contributed by atoms with van der Waals surface area (Å²) in [7, 11) is -1.78. The van der Waals surface area contributed by atoms with Crippen LogP contribution in [0.5, 0.6) is 11.5 Å². The molecule has 9 nitrogen and oxygen atoms in total. The Morgan fingerprint density at radius 3 is 2.53 bits per heavy atom. The molecule has 2 aromatic rings. The van der Waals surface area contributed by atoms with Gasteiger partial charge in [0.05, 0.1) is 0 Å². The van der Waals surface area contributed by atoms with E-state index < -0.39 is 28.7 Å². The number of rotatable bonds is 9. The molecule has 1 heterocycles. The number of amides is 3. The predicted octanol–water partition coefficient (Wildman–Crippen LogP) is 2.89. The molecule has 1 fully saturated rings. The molecule has 4 rings (SSSR count). The third-order valence-corrected chi connectivity index (χ3v) is 7.50. The molecule has 10 heteroatoms. The fourth-order valence-corrected chi connectivity index (χ4v) is 5.36. The Balaban J connectivity index is 1.41. The van der Waals surface area contributed by atoms with Crippen LogP contribution in [0.3, 0.4) is 0 Å². The van der Waals surface area contributed by atoms with E-state index in [1.807, 2.05) is 19.1 Å². The van der Waals surface area contributed by atoms with Gasteiger partial charge in [-0.25, -0.2) is 0 Å². The topological polar surface area (TPSA) is 114 Å². The van der Waals surface area contributed by atoms with Crippen LogP contribution in [-0.4, -0.2) is 52.3 Å². The highest BCUT2D eigenvalue weighted by atomic mass is 32.2. The van der Waals surface area contributed by atoms with Gasteiger partial charge in [0.25, 0.3) is 0 Å². The van der Waals surface area contributed by atoms with Crippen LogP contribution >= 0.6 is 0 Å². The summed E-state index contributed by atoms with van der Waals surface area (Å²) >= 11 is 0. The number of aryl methyl sites for hydroxylation is 1. The maximum Gasteiger partial charge on any atom is 0.243 e. The molecule has 0 saturated heterocycles. The summed E-state index contributed by atoms with van der Waals surface area (Å²) in [6, 6.07) is 11.5. The van der Waals surface area contributed by atoms with Gasteiger partial charge in [-0.15, -0.1) is 0 Å². The number of nitrogens with one attached hydrogen (secondary N) is 2. The Kier molecular flexibility index (Phi) is 8.25. The number of ether oxygens (including phenoxy) is 2. The van der Waals surface area contributed by atoms with E-state index in [-0.39, 0.29) is 30.2 Å². The number of hydrogen-bond acceptors (Lipinski definition) is 6. The van der Waals surface area contributed by atoms with Crippen molar-refractivity contribution < 1.29 is 28.1 Å². The first kappa shape index (κ1) is 25.7. The van der Waals surface area contributed by atoms with E-state index in [1.165, 1.54) is 4.90 Å². The van der Waals surface area contributed by atoms with Crippen LogP contribution in [0.4, 0.5) is 11.4 Å². The minimum absolute atomic E-state index is 0.114. The third kappa shape index (κ3) is 6.23. The lowest BCUT2D eigenvalue weighted by molar-refractivity contribution is -0.125. The molecule has 2 atom stereocenters. The number of carbonyl (C=O) groups is 3. The molecule has 36 heavy (non-hydrogen) atoms. The van der Waals surface area contributed by atoms with Crippen molar-refractivity contribution in [2.24, 2.45) is 0 Å². The monoisotopic (exact) mass is 513 g/mol. The van der Waals surface area contributed by atoms with Crippen LogP contribution in [0, 0.1) is 6.92 Å². The molecular weight excluding hydrogens is 482 g/mol. The number of benzene rings is 2. The minimum Gasteiger partial charge on any atom is -0.454 e. The summed E-state index contributed by atoms with van der Waals surface area (Å²) in [6.45, 7) is 3.64. The summed E-state index contributed by atoms with van der Waals surface area (Å²) in [4.78, 5) is 40.2. The molecule has 1 saturated carbocycles.